The van der Waals surface area contributed by atoms with Crippen molar-refractivity contribution in [1.29, 1.82) is 0 Å². The van der Waals surface area contributed by atoms with E-state index < -0.39 is 5.97 Å². The summed E-state index contributed by atoms with van der Waals surface area (Å²) < 4.78 is 0. The first-order valence-electron chi connectivity index (χ1n) is 4.32. The van der Waals surface area contributed by atoms with Crippen LogP contribution in [0.2, 0.25) is 0 Å². The minimum atomic E-state index is -0.856. The van der Waals surface area contributed by atoms with Crippen LogP contribution < -0.4 is 0 Å². The highest BCUT2D eigenvalue weighted by Crippen LogP contribution is 2.21. The van der Waals surface area contributed by atoms with E-state index in [0.717, 1.165) is 11.3 Å². The quantitative estimate of drug-likeness (QED) is 0.857. The van der Waals surface area contributed by atoms with Gasteiger partial charge in [0.05, 0.1) is 12.1 Å². The Morgan fingerprint density at radius 2 is 2.13 bits per heavy atom. The van der Waals surface area contributed by atoms with Crippen LogP contribution in [0.25, 0.3) is 11.3 Å². The van der Waals surface area contributed by atoms with Crippen molar-refractivity contribution in [3.05, 3.63) is 34.9 Å². The molecule has 0 saturated heterocycles. The molecule has 2 aromatic heterocycles. The lowest BCUT2D eigenvalue weighted by Gasteiger charge is -1.93. The maximum Gasteiger partial charge on any atom is 0.310 e. The fourth-order valence-corrected chi connectivity index (χ4v) is 1.97. The summed E-state index contributed by atoms with van der Waals surface area (Å²) >= 11 is 1.36. The summed E-state index contributed by atoms with van der Waals surface area (Å²) in [6, 6.07) is 3.69. The van der Waals surface area contributed by atoms with Gasteiger partial charge >= 0.3 is 5.97 Å². The lowest BCUT2D eigenvalue weighted by Crippen LogP contribution is -1.99. The molecule has 2 rings (SSSR count). The Morgan fingerprint density at radius 3 is 2.80 bits per heavy atom. The molecular weight excluding hydrogens is 212 g/mol. The molecule has 0 amide bonds. The number of nitrogens with zero attached hydrogens (tertiary/aromatic N) is 2. The Kier molecular flexibility index (Phi) is 2.73. The Bertz CT molecular complexity index is 467. The van der Waals surface area contributed by atoms with E-state index in [2.05, 4.69) is 9.97 Å². The molecule has 15 heavy (non-hydrogen) atoms. The molecule has 0 fully saturated rings. The number of rotatable bonds is 3. The molecule has 2 heterocycles. The molecule has 4 nitrogen and oxygen atoms in total. The predicted octanol–water partition coefficient (Wildman–Crippen LogP) is 1.83. The maximum atomic E-state index is 10.5. The highest BCUT2D eigenvalue weighted by molar-refractivity contribution is 7.10. The molecule has 0 radical (unpaired) electrons. The Hall–Kier alpha value is -1.75. The number of thiazole rings is 1. The highest BCUT2D eigenvalue weighted by atomic mass is 32.1. The van der Waals surface area contributed by atoms with E-state index in [1.165, 1.54) is 11.3 Å². The van der Waals surface area contributed by atoms with Gasteiger partial charge in [-0.25, -0.2) is 4.98 Å². The van der Waals surface area contributed by atoms with Crippen LogP contribution in [0.4, 0.5) is 0 Å². The molecule has 0 unspecified atom stereocenters. The minimum absolute atomic E-state index is 0.0181. The molecule has 0 spiro atoms. The smallest absolute Gasteiger partial charge is 0.310 e. The zero-order valence-corrected chi connectivity index (χ0v) is 8.57. The van der Waals surface area contributed by atoms with Crippen molar-refractivity contribution < 1.29 is 9.90 Å². The van der Waals surface area contributed by atoms with Crippen molar-refractivity contribution >= 4 is 17.3 Å². The second-order valence-corrected chi connectivity index (χ2v) is 3.88. The van der Waals surface area contributed by atoms with Crippen LogP contribution in [0.3, 0.4) is 0 Å². The normalized spacial score (nSPS) is 10.1. The molecule has 5 heteroatoms. The summed E-state index contributed by atoms with van der Waals surface area (Å²) in [6.45, 7) is 0. The van der Waals surface area contributed by atoms with E-state index in [1.807, 2.05) is 17.5 Å². The lowest BCUT2D eigenvalue weighted by molar-refractivity contribution is -0.136. The minimum Gasteiger partial charge on any atom is -0.481 e. The first-order valence-corrected chi connectivity index (χ1v) is 5.20. The number of pyridine rings is 1. The van der Waals surface area contributed by atoms with E-state index >= 15 is 0 Å². The van der Waals surface area contributed by atoms with Crippen LogP contribution in [0, 0.1) is 0 Å². The molecule has 0 aliphatic heterocycles. The van der Waals surface area contributed by atoms with E-state index in [9.17, 15) is 4.79 Å². The maximum absolute atomic E-state index is 10.5. The van der Waals surface area contributed by atoms with Crippen LogP contribution in [0.15, 0.2) is 29.9 Å². The van der Waals surface area contributed by atoms with Gasteiger partial charge in [0.15, 0.2) is 0 Å². The van der Waals surface area contributed by atoms with Gasteiger partial charge in [0, 0.05) is 23.3 Å². The molecule has 76 valence electrons. The van der Waals surface area contributed by atoms with E-state index in [-0.39, 0.29) is 6.42 Å². The largest absolute Gasteiger partial charge is 0.481 e. The molecule has 0 aliphatic carbocycles. The van der Waals surface area contributed by atoms with E-state index in [0.29, 0.717) is 5.01 Å². The summed E-state index contributed by atoms with van der Waals surface area (Å²) in [4.78, 5) is 18.6. The van der Waals surface area contributed by atoms with Gasteiger partial charge in [0.1, 0.15) is 5.01 Å². The number of aromatic nitrogens is 2. The van der Waals surface area contributed by atoms with E-state index in [4.69, 9.17) is 5.11 Å². The highest BCUT2D eigenvalue weighted by Gasteiger charge is 2.07. The Labute approximate surface area is 90.3 Å². The zero-order valence-electron chi connectivity index (χ0n) is 7.75. The van der Waals surface area contributed by atoms with Gasteiger partial charge in [0.2, 0.25) is 0 Å². The second-order valence-electron chi connectivity index (χ2n) is 2.93. The molecule has 0 atom stereocenters. The van der Waals surface area contributed by atoms with Crippen LogP contribution in [0.5, 0.6) is 0 Å². The average molecular weight is 220 g/mol. The van der Waals surface area contributed by atoms with Gasteiger partial charge in [-0.05, 0) is 12.1 Å². The van der Waals surface area contributed by atoms with Crippen LogP contribution in [0.1, 0.15) is 5.01 Å². The molecule has 1 N–H and O–H groups in total. The summed E-state index contributed by atoms with van der Waals surface area (Å²) in [6.07, 6.45) is 3.35. The van der Waals surface area contributed by atoms with Crippen molar-refractivity contribution in [2.45, 2.75) is 6.42 Å². The third-order valence-electron chi connectivity index (χ3n) is 1.83. The topological polar surface area (TPSA) is 63.1 Å². The fourth-order valence-electron chi connectivity index (χ4n) is 1.18. The Balaban J connectivity index is 2.24. The average Bonchev–Trinajstić information content (AvgIpc) is 2.67. The van der Waals surface area contributed by atoms with Gasteiger partial charge in [-0.2, -0.15) is 0 Å². The van der Waals surface area contributed by atoms with Gasteiger partial charge in [-0.3, -0.25) is 9.78 Å². The number of hydrogen-bond donors (Lipinski definition) is 1. The van der Waals surface area contributed by atoms with Crippen LogP contribution in [-0.4, -0.2) is 21.0 Å². The lowest BCUT2D eigenvalue weighted by atomic mass is 10.2. The summed E-state index contributed by atoms with van der Waals surface area (Å²) in [5, 5.41) is 11.1. The monoisotopic (exact) mass is 220 g/mol. The number of aliphatic carboxylic acids is 1. The molecule has 0 bridgehead atoms. The van der Waals surface area contributed by atoms with Gasteiger partial charge in [-0.1, -0.05) is 0 Å². The SMILES string of the molecule is O=C(O)Cc1nc(-c2ccncc2)cs1. The molecule has 0 aromatic carbocycles. The van der Waals surface area contributed by atoms with Gasteiger partial charge in [-0.15, -0.1) is 11.3 Å². The standard InChI is InChI=1S/C10H8N2O2S/c13-10(14)5-9-12-8(6-15-9)7-1-3-11-4-2-7/h1-4,6H,5H2,(H,13,14). The molecule has 0 aliphatic rings. The number of carboxylic acids is 1. The third-order valence-corrected chi connectivity index (χ3v) is 2.68. The predicted molar refractivity (Wildman–Crippen MR) is 56.7 cm³/mol. The van der Waals surface area contributed by atoms with Crippen molar-refractivity contribution in [2.75, 3.05) is 0 Å². The van der Waals surface area contributed by atoms with E-state index in [1.54, 1.807) is 12.4 Å². The number of carbonyl (C=O) groups is 1. The van der Waals surface area contributed by atoms with Crippen molar-refractivity contribution in [2.24, 2.45) is 0 Å². The first-order chi connectivity index (χ1) is 7.25. The molecule has 0 saturated carbocycles. The first kappa shape index (κ1) is 9.79. The summed E-state index contributed by atoms with van der Waals surface area (Å²) in [5.41, 5.74) is 1.76. The van der Waals surface area contributed by atoms with Gasteiger partial charge < -0.3 is 5.11 Å². The Morgan fingerprint density at radius 1 is 1.40 bits per heavy atom. The summed E-state index contributed by atoms with van der Waals surface area (Å²) in [7, 11) is 0. The molecular formula is C10H8N2O2S. The number of carboxylic acid groups (broad SMARTS) is 1. The van der Waals surface area contributed by atoms with Crippen molar-refractivity contribution in [3.63, 3.8) is 0 Å². The summed E-state index contributed by atoms with van der Waals surface area (Å²) in [5.74, 6) is -0.856. The van der Waals surface area contributed by atoms with Crippen LogP contribution >= 0.6 is 11.3 Å². The second kappa shape index (κ2) is 4.18. The molecule has 2 aromatic rings. The zero-order chi connectivity index (χ0) is 10.7. The fraction of sp³-hybridized carbons (Fsp3) is 0.100. The van der Waals surface area contributed by atoms with Gasteiger partial charge in [0.25, 0.3) is 0 Å². The third kappa shape index (κ3) is 2.38. The van der Waals surface area contributed by atoms with Crippen molar-refractivity contribution in [3.8, 4) is 11.3 Å². The van der Waals surface area contributed by atoms with Crippen molar-refractivity contribution in [1.82, 2.24) is 9.97 Å². The number of hydrogen-bond acceptors (Lipinski definition) is 4. The van der Waals surface area contributed by atoms with Crippen LogP contribution in [-0.2, 0) is 11.2 Å².